The summed E-state index contributed by atoms with van der Waals surface area (Å²) in [5.74, 6) is 1.99. The summed E-state index contributed by atoms with van der Waals surface area (Å²) >= 11 is 0. The number of likely N-dealkylation sites (tertiary alicyclic amines) is 1. The van der Waals surface area contributed by atoms with Gasteiger partial charge in [0.2, 0.25) is 5.91 Å². The number of nitrogen functional groups attached to an aromatic ring is 1. The van der Waals surface area contributed by atoms with Crippen molar-refractivity contribution in [2.45, 2.75) is 45.3 Å². The Balaban J connectivity index is 1.44. The number of hydrogen-bond acceptors (Lipinski definition) is 7. The lowest BCUT2D eigenvalue weighted by Gasteiger charge is -2.36. The normalized spacial score (nSPS) is 20.3. The molecule has 4 heterocycles. The average Bonchev–Trinajstić information content (AvgIpc) is 3.05. The summed E-state index contributed by atoms with van der Waals surface area (Å²) in [6.45, 7) is 8.37. The van der Waals surface area contributed by atoms with Crippen LogP contribution in [0.2, 0.25) is 0 Å². The SMILES string of the molecule is CC(=O)N1CCC(N2Cc3nc(-c4ccc(N)cc4)nc(N4CCCOCC4)c3C2)CC1. The monoisotopic (exact) mass is 436 g/mol. The first-order valence-corrected chi connectivity index (χ1v) is 11.7. The standard InChI is InChI=1S/C24H32N6O2/c1-17(31)28-10-7-20(8-11-28)30-15-21-22(16-30)26-23(18-3-5-19(25)6-4-18)27-24(21)29-9-2-13-32-14-12-29/h3-6,20H,2,7-16,25H2,1H3. The molecule has 0 aliphatic carbocycles. The quantitative estimate of drug-likeness (QED) is 0.739. The van der Waals surface area contributed by atoms with E-state index in [1.54, 1.807) is 6.92 Å². The Kier molecular flexibility index (Phi) is 5.97. The Hall–Kier alpha value is -2.71. The Morgan fingerprint density at radius 3 is 2.56 bits per heavy atom. The van der Waals surface area contributed by atoms with Crippen LogP contribution in [0.15, 0.2) is 24.3 Å². The summed E-state index contributed by atoms with van der Waals surface area (Å²) in [4.78, 5) is 28.6. The molecular weight excluding hydrogens is 404 g/mol. The third-order valence-electron chi connectivity index (χ3n) is 6.90. The largest absolute Gasteiger partial charge is 0.399 e. The van der Waals surface area contributed by atoms with Crippen LogP contribution in [0.3, 0.4) is 0 Å². The van der Waals surface area contributed by atoms with Crippen LogP contribution in [-0.2, 0) is 22.6 Å². The second kappa shape index (κ2) is 9.03. The fraction of sp³-hybridized carbons (Fsp3) is 0.542. The molecule has 5 rings (SSSR count). The molecule has 8 nitrogen and oxygen atoms in total. The Labute approximate surface area is 189 Å². The van der Waals surface area contributed by atoms with Crippen LogP contribution < -0.4 is 10.6 Å². The molecule has 2 N–H and O–H groups in total. The second-order valence-electron chi connectivity index (χ2n) is 9.01. The summed E-state index contributed by atoms with van der Waals surface area (Å²) in [5.41, 5.74) is 10.00. The zero-order valence-electron chi connectivity index (χ0n) is 18.8. The van der Waals surface area contributed by atoms with Crippen LogP contribution in [0.1, 0.15) is 37.4 Å². The maximum absolute atomic E-state index is 11.7. The van der Waals surface area contributed by atoms with Crippen molar-refractivity contribution in [3.63, 3.8) is 0 Å². The van der Waals surface area contributed by atoms with Gasteiger partial charge >= 0.3 is 0 Å². The molecule has 0 saturated carbocycles. The van der Waals surface area contributed by atoms with Gasteiger partial charge in [0.15, 0.2) is 5.82 Å². The van der Waals surface area contributed by atoms with Gasteiger partial charge in [-0.25, -0.2) is 9.97 Å². The Morgan fingerprint density at radius 1 is 1.03 bits per heavy atom. The number of hydrogen-bond donors (Lipinski definition) is 1. The number of carbonyl (C=O) groups is 1. The minimum atomic E-state index is 0.179. The minimum absolute atomic E-state index is 0.179. The topological polar surface area (TPSA) is 87.8 Å². The fourth-order valence-corrected chi connectivity index (χ4v) is 5.05. The number of nitrogens with zero attached hydrogens (tertiary/aromatic N) is 5. The number of ether oxygens (including phenoxy) is 1. The van der Waals surface area contributed by atoms with Gasteiger partial charge in [-0.1, -0.05) is 0 Å². The van der Waals surface area contributed by atoms with Crippen molar-refractivity contribution < 1.29 is 9.53 Å². The van der Waals surface area contributed by atoms with E-state index in [-0.39, 0.29) is 5.91 Å². The molecule has 170 valence electrons. The molecule has 1 aromatic carbocycles. The molecule has 2 aromatic rings. The molecule has 3 aliphatic heterocycles. The van der Waals surface area contributed by atoms with Crippen molar-refractivity contribution in [1.82, 2.24) is 19.8 Å². The van der Waals surface area contributed by atoms with Gasteiger partial charge in [-0.15, -0.1) is 0 Å². The molecule has 0 spiro atoms. The number of aromatic nitrogens is 2. The highest BCUT2D eigenvalue weighted by Crippen LogP contribution is 2.35. The Bertz CT molecular complexity index is 963. The number of anilines is 2. The fourth-order valence-electron chi connectivity index (χ4n) is 5.05. The molecule has 32 heavy (non-hydrogen) atoms. The number of amides is 1. The highest BCUT2D eigenvalue weighted by molar-refractivity contribution is 5.73. The lowest BCUT2D eigenvalue weighted by Crippen LogP contribution is -2.44. The van der Waals surface area contributed by atoms with E-state index in [0.29, 0.717) is 6.04 Å². The van der Waals surface area contributed by atoms with Crippen molar-refractivity contribution >= 4 is 17.4 Å². The van der Waals surface area contributed by atoms with Gasteiger partial charge < -0.3 is 20.3 Å². The van der Waals surface area contributed by atoms with Crippen LogP contribution in [0.25, 0.3) is 11.4 Å². The van der Waals surface area contributed by atoms with Gasteiger partial charge in [0, 0.05) is 75.7 Å². The smallest absolute Gasteiger partial charge is 0.219 e. The summed E-state index contributed by atoms with van der Waals surface area (Å²) in [5, 5.41) is 0. The zero-order chi connectivity index (χ0) is 22.1. The van der Waals surface area contributed by atoms with E-state index in [1.807, 2.05) is 29.2 Å². The molecule has 1 aromatic heterocycles. The summed E-state index contributed by atoms with van der Waals surface area (Å²) in [6, 6.07) is 8.27. The van der Waals surface area contributed by atoms with E-state index < -0.39 is 0 Å². The molecule has 2 fully saturated rings. The van der Waals surface area contributed by atoms with Crippen LogP contribution in [-0.4, -0.2) is 71.1 Å². The number of fused-ring (bicyclic) bond motifs is 1. The molecule has 8 heteroatoms. The van der Waals surface area contributed by atoms with Gasteiger partial charge in [-0.2, -0.15) is 0 Å². The number of carbonyl (C=O) groups excluding carboxylic acids is 1. The molecule has 1 amide bonds. The van der Waals surface area contributed by atoms with E-state index in [1.165, 1.54) is 5.56 Å². The lowest BCUT2D eigenvalue weighted by molar-refractivity contribution is -0.130. The third-order valence-corrected chi connectivity index (χ3v) is 6.90. The molecular formula is C24H32N6O2. The van der Waals surface area contributed by atoms with Crippen molar-refractivity contribution in [3.8, 4) is 11.4 Å². The highest BCUT2D eigenvalue weighted by atomic mass is 16.5. The van der Waals surface area contributed by atoms with Crippen LogP contribution in [0.5, 0.6) is 0 Å². The maximum Gasteiger partial charge on any atom is 0.219 e. The molecule has 0 radical (unpaired) electrons. The van der Waals surface area contributed by atoms with Crippen LogP contribution in [0.4, 0.5) is 11.5 Å². The van der Waals surface area contributed by atoms with Crippen LogP contribution in [0, 0.1) is 0 Å². The zero-order valence-corrected chi connectivity index (χ0v) is 18.8. The van der Waals surface area contributed by atoms with E-state index in [0.717, 1.165) is 100 Å². The van der Waals surface area contributed by atoms with Crippen LogP contribution >= 0.6 is 0 Å². The minimum Gasteiger partial charge on any atom is -0.399 e. The van der Waals surface area contributed by atoms with E-state index in [9.17, 15) is 4.79 Å². The van der Waals surface area contributed by atoms with Gasteiger partial charge in [0.25, 0.3) is 0 Å². The Morgan fingerprint density at radius 2 is 1.81 bits per heavy atom. The molecule has 0 atom stereocenters. The van der Waals surface area contributed by atoms with Gasteiger partial charge in [0.1, 0.15) is 5.82 Å². The van der Waals surface area contributed by atoms with E-state index in [4.69, 9.17) is 20.4 Å². The molecule has 2 saturated heterocycles. The summed E-state index contributed by atoms with van der Waals surface area (Å²) in [7, 11) is 0. The number of rotatable bonds is 3. The molecule has 0 bridgehead atoms. The van der Waals surface area contributed by atoms with Crippen molar-refractivity contribution in [3.05, 3.63) is 35.5 Å². The first-order chi connectivity index (χ1) is 15.6. The second-order valence-corrected chi connectivity index (χ2v) is 9.01. The molecule has 0 unspecified atom stereocenters. The van der Waals surface area contributed by atoms with Gasteiger partial charge in [-0.3, -0.25) is 9.69 Å². The predicted octanol–water partition coefficient (Wildman–Crippen LogP) is 2.28. The maximum atomic E-state index is 11.7. The molecule has 3 aliphatic rings. The first-order valence-electron chi connectivity index (χ1n) is 11.7. The summed E-state index contributed by atoms with van der Waals surface area (Å²) < 4.78 is 5.70. The summed E-state index contributed by atoms with van der Waals surface area (Å²) in [6.07, 6.45) is 3.03. The van der Waals surface area contributed by atoms with Gasteiger partial charge in [-0.05, 0) is 43.5 Å². The number of piperidine rings is 1. The number of benzene rings is 1. The van der Waals surface area contributed by atoms with Crippen molar-refractivity contribution in [2.75, 3.05) is 50.0 Å². The van der Waals surface area contributed by atoms with E-state index >= 15 is 0 Å². The number of nitrogens with two attached hydrogens (primary N) is 1. The highest BCUT2D eigenvalue weighted by Gasteiger charge is 2.33. The lowest BCUT2D eigenvalue weighted by atomic mass is 10.0. The third kappa shape index (κ3) is 4.29. The average molecular weight is 437 g/mol. The van der Waals surface area contributed by atoms with E-state index in [2.05, 4.69) is 9.80 Å². The predicted molar refractivity (Wildman–Crippen MR) is 124 cm³/mol. The van der Waals surface area contributed by atoms with Crippen molar-refractivity contribution in [2.24, 2.45) is 0 Å². The van der Waals surface area contributed by atoms with Crippen molar-refractivity contribution in [1.29, 1.82) is 0 Å². The van der Waals surface area contributed by atoms with Gasteiger partial charge in [0.05, 0.1) is 12.3 Å². The first kappa shape index (κ1) is 21.2.